The van der Waals surface area contributed by atoms with Crippen molar-refractivity contribution in [3.8, 4) is 11.8 Å². The maximum Gasteiger partial charge on any atom is 0.123 e. The Kier molecular flexibility index (Phi) is 4.53. The number of aryl methyl sites for hydroxylation is 1. The zero-order chi connectivity index (χ0) is 12.9. The highest BCUT2D eigenvalue weighted by molar-refractivity contribution is 5.36. The number of nitrogens with two attached hydrogens (primary N) is 1. The average Bonchev–Trinajstić information content (AvgIpc) is 2.30. The molecule has 0 atom stereocenters. The Morgan fingerprint density at radius 1 is 1.41 bits per heavy atom. The molecule has 1 aromatic rings. The van der Waals surface area contributed by atoms with Crippen molar-refractivity contribution < 1.29 is 4.74 Å². The summed E-state index contributed by atoms with van der Waals surface area (Å²) in [5, 5.41) is 8.90. The first-order valence-corrected chi connectivity index (χ1v) is 5.82. The second kappa shape index (κ2) is 5.70. The summed E-state index contributed by atoms with van der Waals surface area (Å²) in [5.74, 6) is 0.826. The van der Waals surface area contributed by atoms with Gasteiger partial charge in [0.2, 0.25) is 0 Å². The van der Waals surface area contributed by atoms with Crippen LogP contribution >= 0.6 is 0 Å². The SMILES string of the molecule is Cc1ccc(OCCC(C)(C)C#N)c(CN)c1. The molecule has 0 saturated heterocycles. The Hall–Kier alpha value is -1.53. The molecule has 0 spiro atoms. The average molecular weight is 232 g/mol. The van der Waals surface area contributed by atoms with Crippen LogP contribution in [0.2, 0.25) is 0 Å². The second-order valence-electron chi connectivity index (χ2n) is 4.91. The lowest BCUT2D eigenvalue weighted by atomic mass is 9.92. The number of hydrogen-bond acceptors (Lipinski definition) is 3. The summed E-state index contributed by atoms with van der Waals surface area (Å²) in [6.07, 6.45) is 0.710. The molecule has 0 aliphatic heterocycles. The van der Waals surface area contributed by atoms with Gasteiger partial charge in [0.1, 0.15) is 5.75 Å². The van der Waals surface area contributed by atoms with E-state index in [1.807, 2.05) is 39.0 Å². The van der Waals surface area contributed by atoms with Crippen LogP contribution in [0.4, 0.5) is 0 Å². The van der Waals surface area contributed by atoms with Crippen LogP contribution < -0.4 is 10.5 Å². The van der Waals surface area contributed by atoms with Crippen molar-refractivity contribution in [2.45, 2.75) is 33.7 Å². The summed E-state index contributed by atoms with van der Waals surface area (Å²) in [6.45, 7) is 6.86. The minimum atomic E-state index is -0.340. The van der Waals surface area contributed by atoms with Crippen LogP contribution in [-0.4, -0.2) is 6.61 Å². The van der Waals surface area contributed by atoms with Gasteiger partial charge in [0.05, 0.1) is 18.1 Å². The molecular weight excluding hydrogens is 212 g/mol. The van der Waals surface area contributed by atoms with Crippen molar-refractivity contribution in [2.24, 2.45) is 11.1 Å². The predicted molar refractivity (Wildman–Crippen MR) is 68.6 cm³/mol. The molecule has 0 unspecified atom stereocenters. The highest BCUT2D eigenvalue weighted by Gasteiger charge is 2.16. The highest BCUT2D eigenvalue weighted by Crippen LogP contribution is 2.22. The molecule has 0 fully saturated rings. The molecule has 0 aliphatic carbocycles. The van der Waals surface area contributed by atoms with E-state index in [4.69, 9.17) is 15.7 Å². The molecule has 3 heteroatoms. The van der Waals surface area contributed by atoms with E-state index < -0.39 is 0 Å². The monoisotopic (exact) mass is 232 g/mol. The van der Waals surface area contributed by atoms with Crippen LogP contribution in [0.1, 0.15) is 31.4 Å². The molecule has 0 radical (unpaired) electrons. The van der Waals surface area contributed by atoms with Crippen molar-refractivity contribution in [3.63, 3.8) is 0 Å². The fourth-order valence-electron chi connectivity index (χ4n) is 1.48. The molecule has 0 aromatic heterocycles. The van der Waals surface area contributed by atoms with Crippen molar-refractivity contribution in [2.75, 3.05) is 6.61 Å². The summed E-state index contributed by atoms with van der Waals surface area (Å²) >= 11 is 0. The third kappa shape index (κ3) is 4.08. The van der Waals surface area contributed by atoms with Crippen LogP contribution in [0.3, 0.4) is 0 Å². The summed E-state index contributed by atoms with van der Waals surface area (Å²) in [6, 6.07) is 8.24. The van der Waals surface area contributed by atoms with Gasteiger partial charge in [0.25, 0.3) is 0 Å². The van der Waals surface area contributed by atoms with Gasteiger partial charge in [-0.05, 0) is 33.3 Å². The predicted octanol–water partition coefficient (Wildman–Crippen LogP) is 2.77. The van der Waals surface area contributed by atoms with Gasteiger partial charge in [-0.3, -0.25) is 0 Å². The van der Waals surface area contributed by atoms with Crippen LogP contribution in [-0.2, 0) is 6.54 Å². The van der Waals surface area contributed by atoms with Crippen LogP contribution in [0.15, 0.2) is 18.2 Å². The lowest BCUT2D eigenvalue weighted by Crippen LogP contribution is -2.14. The number of benzene rings is 1. The first-order valence-electron chi connectivity index (χ1n) is 5.82. The molecule has 0 bridgehead atoms. The molecule has 1 rings (SSSR count). The van der Waals surface area contributed by atoms with Crippen molar-refractivity contribution in [1.82, 2.24) is 0 Å². The number of ether oxygens (including phenoxy) is 1. The number of rotatable bonds is 5. The minimum Gasteiger partial charge on any atom is -0.493 e. The maximum atomic E-state index is 8.90. The lowest BCUT2D eigenvalue weighted by Gasteiger charge is -2.16. The van der Waals surface area contributed by atoms with Gasteiger partial charge < -0.3 is 10.5 Å². The van der Waals surface area contributed by atoms with Gasteiger partial charge in [-0.25, -0.2) is 0 Å². The largest absolute Gasteiger partial charge is 0.493 e. The molecule has 0 aliphatic rings. The normalized spacial score (nSPS) is 11.0. The van der Waals surface area contributed by atoms with Gasteiger partial charge in [0.15, 0.2) is 0 Å². The lowest BCUT2D eigenvalue weighted by molar-refractivity contribution is 0.262. The summed E-state index contributed by atoms with van der Waals surface area (Å²) < 4.78 is 5.69. The zero-order valence-corrected chi connectivity index (χ0v) is 10.8. The molecule has 2 N–H and O–H groups in total. The molecule has 0 amide bonds. The van der Waals surface area contributed by atoms with Crippen LogP contribution in [0.25, 0.3) is 0 Å². The Morgan fingerprint density at radius 3 is 2.71 bits per heavy atom. The number of hydrogen-bond donors (Lipinski definition) is 1. The molecule has 3 nitrogen and oxygen atoms in total. The summed E-state index contributed by atoms with van der Waals surface area (Å²) in [4.78, 5) is 0. The topological polar surface area (TPSA) is 59.0 Å². The van der Waals surface area contributed by atoms with E-state index >= 15 is 0 Å². The fraction of sp³-hybridized carbons (Fsp3) is 0.500. The number of nitrogens with zero attached hydrogens (tertiary/aromatic N) is 1. The Morgan fingerprint density at radius 2 is 2.12 bits per heavy atom. The van der Waals surface area contributed by atoms with Gasteiger partial charge in [0, 0.05) is 12.1 Å². The van der Waals surface area contributed by atoms with E-state index in [9.17, 15) is 0 Å². The quantitative estimate of drug-likeness (QED) is 0.849. The first kappa shape index (κ1) is 13.5. The smallest absolute Gasteiger partial charge is 0.123 e. The van der Waals surface area contributed by atoms with Crippen molar-refractivity contribution in [3.05, 3.63) is 29.3 Å². The van der Waals surface area contributed by atoms with E-state index in [2.05, 4.69) is 6.07 Å². The fourth-order valence-corrected chi connectivity index (χ4v) is 1.48. The van der Waals surface area contributed by atoms with E-state index in [0.29, 0.717) is 19.6 Å². The summed E-state index contributed by atoms with van der Waals surface area (Å²) in [5.41, 5.74) is 7.52. The molecule has 17 heavy (non-hydrogen) atoms. The van der Waals surface area contributed by atoms with Gasteiger partial charge in [-0.2, -0.15) is 5.26 Å². The van der Waals surface area contributed by atoms with Crippen molar-refractivity contribution in [1.29, 1.82) is 5.26 Å². The first-order chi connectivity index (χ1) is 7.98. The zero-order valence-electron chi connectivity index (χ0n) is 10.8. The molecule has 1 aromatic carbocycles. The van der Waals surface area contributed by atoms with Gasteiger partial charge >= 0.3 is 0 Å². The van der Waals surface area contributed by atoms with Gasteiger partial charge in [-0.1, -0.05) is 17.7 Å². The standard InChI is InChI=1S/C14H20N2O/c1-11-4-5-13(12(8-11)9-15)17-7-6-14(2,3)10-16/h4-5,8H,6-7,9,15H2,1-3H3. The van der Waals surface area contributed by atoms with Crippen LogP contribution in [0, 0.1) is 23.7 Å². The summed E-state index contributed by atoms with van der Waals surface area (Å²) in [7, 11) is 0. The Labute approximate surface area is 103 Å². The van der Waals surface area contributed by atoms with E-state index in [1.54, 1.807) is 0 Å². The second-order valence-corrected chi connectivity index (χ2v) is 4.91. The van der Waals surface area contributed by atoms with E-state index in [1.165, 1.54) is 5.56 Å². The molecule has 0 heterocycles. The molecule has 0 saturated carbocycles. The third-order valence-corrected chi connectivity index (χ3v) is 2.72. The van der Waals surface area contributed by atoms with E-state index in [-0.39, 0.29) is 5.41 Å². The number of nitriles is 1. The Bertz CT molecular complexity index is 419. The highest BCUT2D eigenvalue weighted by atomic mass is 16.5. The van der Waals surface area contributed by atoms with E-state index in [0.717, 1.165) is 11.3 Å². The van der Waals surface area contributed by atoms with Gasteiger partial charge in [-0.15, -0.1) is 0 Å². The third-order valence-electron chi connectivity index (χ3n) is 2.72. The van der Waals surface area contributed by atoms with Crippen molar-refractivity contribution >= 4 is 0 Å². The maximum absolute atomic E-state index is 8.90. The molecule has 92 valence electrons. The minimum absolute atomic E-state index is 0.340. The van der Waals surface area contributed by atoms with Crippen LogP contribution in [0.5, 0.6) is 5.75 Å². The molecular formula is C14H20N2O. The Balaban J connectivity index is 2.61.